The van der Waals surface area contributed by atoms with Crippen molar-refractivity contribution in [3.8, 4) is 0 Å². The second kappa shape index (κ2) is 9.05. The Kier molecular flexibility index (Phi) is 7.60. The Morgan fingerprint density at radius 3 is 2.83 bits per heavy atom. The van der Waals surface area contributed by atoms with Crippen LogP contribution in [0.1, 0.15) is 38.5 Å². The van der Waals surface area contributed by atoms with Crippen LogP contribution in [0, 0.1) is 0 Å². The van der Waals surface area contributed by atoms with Crippen LogP contribution < -0.4 is 10.6 Å². The molecule has 5 nitrogen and oxygen atoms in total. The van der Waals surface area contributed by atoms with E-state index in [1.54, 1.807) is 0 Å². The highest BCUT2D eigenvalue weighted by atomic mass is 16.5. The van der Waals surface area contributed by atoms with Crippen molar-refractivity contribution in [1.29, 1.82) is 0 Å². The van der Waals surface area contributed by atoms with Crippen molar-refractivity contribution in [2.24, 2.45) is 0 Å². The fraction of sp³-hybridized carbons (Fsp3) is 0.846. The number of esters is 1. The summed E-state index contributed by atoms with van der Waals surface area (Å²) in [6.45, 7) is 2.18. The Labute approximate surface area is 109 Å². The number of hydrogen-bond donors (Lipinski definition) is 2. The number of carbonyl (C=O) groups is 2. The van der Waals surface area contributed by atoms with E-state index in [0.717, 1.165) is 32.2 Å². The molecule has 1 heterocycles. The minimum Gasteiger partial charge on any atom is -0.459 e. The van der Waals surface area contributed by atoms with Crippen molar-refractivity contribution >= 4 is 11.8 Å². The summed E-state index contributed by atoms with van der Waals surface area (Å²) in [5.41, 5.74) is 0. The van der Waals surface area contributed by atoms with E-state index < -0.39 is 5.97 Å². The topological polar surface area (TPSA) is 67.4 Å². The average Bonchev–Trinajstić information content (AvgIpc) is 2.32. The molecule has 18 heavy (non-hydrogen) atoms. The van der Waals surface area contributed by atoms with Crippen molar-refractivity contribution < 1.29 is 14.3 Å². The highest BCUT2D eigenvalue weighted by Crippen LogP contribution is 2.06. The maximum Gasteiger partial charge on any atom is 0.313 e. The number of likely N-dealkylation sites (N-methyl/N-ethyl adjacent to an activating group) is 1. The number of cyclic esters (lactones) is 1. The lowest BCUT2D eigenvalue weighted by molar-refractivity contribution is -0.150. The Hall–Kier alpha value is -0.940. The summed E-state index contributed by atoms with van der Waals surface area (Å²) in [6, 6.07) is 0. The molecule has 0 amide bonds. The van der Waals surface area contributed by atoms with Gasteiger partial charge in [0.05, 0.1) is 0 Å². The van der Waals surface area contributed by atoms with Gasteiger partial charge in [-0.2, -0.15) is 0 Å². The lowest BCUT2D eigenvalue weighted by Crippen LogP contribution is -2.38. The molecule has 0 aromatic heterocycles. The Bertz CT molecular complexity index is 269. The molecule has 0 radical (unpaired) electrons. The molecule has 1 unspecified atom stereocenters. The van der Waals surface area contributed by atoms with Crippen LogP contribution >= 0.6 is 0 Å². The van der Waals surface area contributed by atoms with E-state index in [1.807, 2.05) is 7.05 Å². The van der Waals surface area contributed by atoms with Gasteiger partial charge in [-0.3, -0.25) is 9.59 Å². The average molecular weight is 256 g/mol. The predicted octanol–water partition coefficient (Wildman–Crippen LogP) is 0.630. The maximum atomic E-state index is 11.6. The number of nitrogens with one attached hydrogen (secondary N) is 2. The third-order valence-electron chi connectivity index (χ3n) is 3.00. The van der Waals surface area contributed by atoms with Crippen LogP contribution in [0.25, 0.3) is 0 Å². The van der Waals surface area contributed by atoms with Gasteiger partial charge in [-0.15, -0.1) is 0 Å². The maximum absolute atomic E-state index is 11.6. The van der Waals surface area contributed by atoms with E-state index in [9.17, 15) is 9.59 Å². The lowest BCUT2D eigenvalue weighted by Gasteiger charge is -2.18. The van der Waals surface area contributed by atoms with Crippen molar-refractivity contribution in [1.82, 2.24) is 10.6 Å². The van der Waals surface area contributed by atoms with Gasteiger partial charge in [-0.25, -0.2) is 0 Å². The second-order valence-electron chi connectivity index (χ2n) is 4.75. The minimum atomic E-state index is -0.402. The monoisotopic (exact) mass is 256 g/mol. The smallest absolute Gasteiger partial charge is 0.313 e. The van der Waals surface area contributed by atoms with E-state index in [4.69, 9.17) is 4.74 Å². The van der Waals surface area contributed by atoms with Crippen LogP contribution in [0.15, 0.2) is 0 Å². The number of hydrogen-bond acceptors (Lipinski definition) is 5. The molecule has 1 saturated heterocycles. The molecule has 0 spiro atoms. The van der Waals surface area contributed by atoms with Gasteiger partial charge in [0.1, 0.15) is 18.3 Å². The molecule has 0 bridgehead atoms. The Morgan fingerprint density at radius 1 is 1.28 bits per heavy atom. The predicted molar refractivity (Wildman–Crippen MR) is 69.4 cm³/mol. The zero-order valence-electron chi connectivity index (χ0n) is 11.2. The highest BCUT2D eigenvalue weighted by Gasteiger charge is 2.16. The van der Waals surface area contributed by atoms with Gasteiger partial charge in [0.15, 0.2) is 0 Å². The first-order chi connectivity index (χ1) is 8.72. The normalized spacial score (nSPS) is 24.6. The summed E-state index contributed by atoms with van der Waals surface area (Å²) in [5, 5.41) is 6.28. The fourth-order valence-electron chi connectivity index (χ4n) is 2.05. The second-order valence-corrected chi connectivity index (χ2v) is 4.75. The molecule has 2 N–H and O–H groups in total. The van der Waals surface area contributed by atoms with Crippen molar-refractivity contribution in [3.63, 3.8) is 0 Å². The highest BCUT2D eigenvalue weighted by molar-refractivity contribution is 5.95. The first-order valence-electron chi connectivity index (χ1n) is 6.79. The van der Waals surface area contributed by atoms with Crippen molar-refractivity contribution in [2.75, 3.05) is 26.7 Å². The molecule has 1 rings (SSSR count). The van der Waals surface area contributed by atoms with Crippen molar-refractivity contribution in [3.05, 3.63) is 0 Å². The van der Waals surface area contributed by atoms with E-state index in [0.29, 0.717) is 19.5 Å². The molecule has 1 aliphatic heterocycles. The molecular weight excluding hydrogens is 232 g/mol. The van der Waals surface area contributed by atoms with Gasteiger partial charge in [0, 0.05) is 19.5 Å². The summed E-state index contributed by atoms with van der Waals surface area (Å²) >= 11 is 0. The number of ether oxygens (including phenoxy) is 1. The molecule has 0 aromatic carbocycles. The SMILES string of the molecule is CNCC1CNCCCCCCC(=O)CC(=O)O1. The fourth-order valence-corrected chi connectivity index (χ4v) is 2.05. The molecule has 1 fully saturated rings. The largest absolute Gasteiger partial charge is 0.459 e. The molecule has 1 aliphatic rings. The zero-order chi connectivity index (χ0) is 13.2. The summed E-state index contributed by atoms with van der Waals surface area (Å²) in [4.78, 5) is 23.1. The van der Waals surface area contributed by atoms with E-state index in [2.05, 4.69) is 10.6 Å². The zero-order valence-corrected chi connectivity index (χ0v) is 11.2. The number of Topliss-reactive ketones (excluding diaryl/α,β-unsaturated/α-hetero) is 1. The third kappa shape index (κ3) is 6.71. The summed E-state index contributed by atoms with van der Waals surface area (Å²) < 4.78 is 5.29. The Morgan fingerprint density at radius 2 is 2.06 bits per heavy atom. The summed E-state index contributed by atoms with van der Waals surface area (Å²) in [6.07, 6.45) is 4.39. The first kappa shape index (κ1) is 15.1. The van der Waals surface area contributed by atoms with Gasteiger partial charge >= 0.3 is 5.97 Å². The van der Waals surface area contributed by atoms with Gasteiger partial charge in [0.25, 0.3) is 0 Å². The molecule has 5 heteroatoms. The molecule has 104 valence electrons. The van der Waals surface area contributed by atoms with Gasteiger partial charge in [-0.1, -0.05) is 12.8 Å². The van der Waals surface area contributed by atoms with E-state index >= 15 is 0 Å². The van der Waals surface area contributed by atoms with Crippen LogP contribution in [0.4, 0.5) is 0 Å². The van der Waals surface area contributed by atoms with Crippen LogP contribution in [-0.2, 0) is 14.3 Å². The third-order valence-corrected chi connectivity index (χ3v) is 3.00. The summed E-state index contributed by atoms with van der Waals surface area (Å²) in [7, 11) is 1.82. The molecule has 0 saturated carbocycles. The molecule has 0 aromatic rings. The summed E-state index contributed by atoms with van der Waals surface area (Å²) in [5.74, 6) is -0.406. The van der Waals surface area contributed by atoms with E-state index in [1.165, 1.54) is 0 Å². The minimum absolute atomic E-state index is 0.00425. The Balaban J connectivity index is 2.47. The van der Waals surface area contributed by atoms with Crippen LogP contribution in [-0.4, -0.2) is 44.5 Å². The standard InChI is InChI=1S/C13H24N2O3/c1-14-9-12-10-15-7-5-3-2-4-6-11(16)8-13(17)18-12/h12,14-15H,2-10H2,1H3. The molecule has 1 atom stereocenters. The van der Waals surface area contributed by atoms with Gasteiger partial charge in [-0.05, 0) is 26.4 Å². The number of rotatable bonds is 2. The van der Waals surface area contributed by atoms with Gasteiger partial charge < -0.3 is 15.4 Å². The van der Waals surface area contributed by atoms with Crippen LogP contribution in [0.5, 0.6) is 0 Å². The van der Waals surface area contributed by atoms with Crippen molar-refractivity contribution in [2.45, 2.75) is 44.6 Å². The van der Waals surface area contributed by atoms with Gasteiger partial charge in [0.2, 0.25) is 0 Å². The van der Waals surface area contributed by atoms with Crippen LogP contribution in [0.2, 0.25) is 0 Å². The molecule has 0 aliphatic carbocycles. The quantitative estimate of drug-likeness (QED) is 0.560. The van der Waals surface area contributed by atoms with Crippen LogP contribution in [0.3, 0.4) is 0 Å². The first-order valence-corrected chi connectivity index (χ1v) is 6.79. The lowest BCUT2D eigenvalue weighted by atomic mass is 10.1. The number of carbonyl (C=O) groups excluding carboxylic acids is 2. The molecular formula is C13H24N2O3. The van der Waals surface area contributed by atoms with E-state index in [-0.39, 0.29) is 18.3 Å². The number of ketones is 1.